The van der Waals surface area contributed by atoms with Gasteiger partial charge in [-0.15, -0.1) is 23.4 Å². The summed E-state index contributed by atoms with van der Waals surface area (Å²) in [7, 11) is 0. The molecule has 0 saturated heterocycles. The molecule has 0 bridgehead atoms. The first kappa shape index (κ1) is 20.3. The number of anilines is 2. The number of ether oxygens (including phenoxy) is 1. The maximum absolute atomic E-state index is 12.1. The first-order chi connectivity index (χ1) is 12.2. The van der Waals surface area contributed by atoms with E-state index in [1.807, 2.05) is 13.8 Å². The number of amides is 1. The van der Waals surface area contributed by atoms with Crippen molar-refractivity contribution in [2.45, 2.75) is 37.0 Å². The smallest absolute Gasteiger partial charge is 0.406 e. The molecule has 0 aliphatic carbocycles. The van der Waals surface area contributed by atoms with Gasteiger partial charge in [-0.3, -0.25) is 4.79 Å². The van der Waals surface area contributed by atoms with E-state index in [-0.39, 0.29) is 23.5 Å². The molecule has 142 valence electrons. The van der Waals surface area contributed by atoms with E-state index >= 15 is 0 Å². The van der Waals surface area contributed by atoms with Crippen molar-refractivity contribution >= 4 is 39.8 Å². The molecule has 1 amide bonds. The van der Waals surface area contributed by atoms with E-state index in [0.29, 0.717) is 15.2 Å². The number of carbonyl (C=O) groups excluding carboxylic acids is 1. The molecule has 0 fully saturated rings. The molecule has 2 aromatic rings. The van der Waals surface area contributed by atoms with Crippen LogP contribution in [0.2, 0.25) is 0 Å². The Morgan fingerprint density at radius 3 is 2.62 bits per heavy atom. The SMILES string of the molecule is CCC(C)NC(=O)CSc1nnc(Nc2ccc(OC(F)(F)F)cc2)s1. The third-order valence-electron chi connectivity index (χ3n) is 3.09. The lowest BCUT2D eigenvalue weighted by Crippen LogP contribution is -2.33. The number of alkyl halides is 3. The van der Waals surface area contributed by atoms with Gasteiger partial charge < -0.3 is 15.4 Å². The number of nitrogens with one attached hydrogen (secondary N) is 2. The van der Waals surface area contributed by atoms with Gasteiger partial charge in [0.1, 0.15) is 5.75 Å². The minimum atomic E-state index is -4.72. The van der Waals surface area contributed by atoms with Crippen LogP contribution in [0.25, 0.3) is 0 Å². The Balaban J connectivity index is 1.85. The summed E-state index contributed by atoms with van der Waals surface area (Å²) in [6.45, 7) is 3.92. The monoisotopic (exact) mass is 406 g/mol. The number of nitrogens with zero attached hydrogens (tertiary/aromatic N) is 2. The van der Waals surface area contributed by atoms with Crippen LogP contribution in [-0.2, 0) is 4.79 Å². The highest BCUT2D eigenvalue weighted by Crippen LogP contribution is 2.29. The first-order valence-electron chi connectivity index (χ1n) is 7.63. The van der Waals surface area contributed by atoms with Gasteiger partial charge in [0.15, 0.2) is 4.34 Å². The van der Waals surface area contributed by atoms with Crippen LogP contribution in [0, 0.1) is 0 Å². The highest BCUT2D eigenvalue weighted by molar-refractivity contribution is 8.01. The highest BCUT2D eigenvalue weighted by atomic mass is 32.2. The normalized spacial score (nSPS) is 12.5. The van der Waals surface area contributed by atoms with Crippen molar-refractivity contribution in [3.63, 3.8) is 0 Å². The third kappa shape index (κ3) is 7.08. The second-order valence-electron chi connectivity index (χ2n) is 5.24. The first-order valence-corrected chi connectivity index (χ1v) is 9.44. The average molecular weight is 406 g/mol. The zero-order chi connectivity index (χ0) is 19.2. The van der Waals surface area contributed by atoms with Gasteiger partial charge in [0, 0.05) is 11.7 Å². The van der Waals surface area contributed by atoms with E-state index in [1.54, 1.807) is 0 Å². The third-order valence-corrected chi connectivity index (χ3v) is 5.06. The predicted octanol–water partition coefficient (Wildman–Crippen LogP) is 4.19. The molecule has 1 atom stereocenters. The van der Waals surface area contributed by atoms with Crippen LogP contribution in [0.5, 0.6) is 5.75 Å². The summed E-state index contributed by atoms with van der Waals surface area (Å²) < 4.78 is 40.8. The average Bonchev–Trinajstić information content (AvgIpc) is 3.01. The van der Waals surface area contributed by atoms with E-state index < -0.39 is 6.36 Å². The largest absolute Gasteiger partial charge is 0.573 e. The molecule has 2 N–H and O–H groups in total. The van der Waals surface area contributed by atoms with Crippen molar-refractivity contribution < 1.29 is 22.7 Å². The van der Waals surface area contributed by atoms with Crippen LogP contribution in [0.3, 0.4) is 0 Å². The number of benzene rings is 1. The van der Waals surface area contributed by atoms with Crippen LogP contribution in [-0.4, -0.2) is 34.3 Å². The predicted molar refractivity (Wildman–Crippen MR) is 94.9 cm³/mol. The fourth-order valence-corrected chi connectivity index (χ4v) is 3.31. The fraction of sp³-hybridized carbons (Fsp3) is 0.400. The van der Waals surface area contributed by atoms with Gasteiger partial charge >= 0.3 is 6.36 Å². The quantitative estimate of drug-likeness (QED) is 0.641. The van der Waals surface area contributed by atoms with Crippen molar-refractivity contribution in [2.75, 3.05) is 11.1 Å². The number of aromatic nitrogens is 2. The number of carbonyl (C=O) groups is 1. The second kappa shape index (κ2) is 9.08. The molecule has 26 heavy (non-hydrogen) atoms. The molecule has 1 heterocycles. The summed E-state index contributed by atoms with van der Waals surface area (Å²) in [5, 5.41) is 14.2. The van der Waals surface area contributed by atoms with Gasteiger partial charge in [0.2, 0.25) is 11.0 Å². The molecular formula is C15H17F3N4O2S2. The van der Waals surface area contributed by atoms with Gasteiger partial charge in [0.05, 0.1) is 5.75 Å². The number of thioether (sulfide) groups is 1. The van der Waals surface area contributed by atoms with Gasteiger partial charge in [-0.1, -0.05) is 30.0 Å². The summed E-state index contributed by atoms with van der Waals surface area (Å²) in [6.07, 6.45) is -3.86. The van der Waals surface area contributed by atoms with Crippen molar-refractivity contribution in [3.05, 3.63) is 24.3 Å². The molecule has 0 aliphatic heterocycles. The summed E-state index contributed by atoms with van der Waals surface area (Å²) in [5.74, 6) is -0.138. The van der Waals surface area contributed by atoms with Crippen LogP contribution < -0.4 is 15.4 Å². The summed E-state index contributed by atoms with van der Waals surface area (Å²) in [4.78, 5) is 11.7. The van der Waals surface area contributed by atoms with Crippen LogP contribution in [0.1, 0.15) is 20.3 Å². The number of halogens is 3. The zero-order valence-electron chi connectivity index (χ0n) is 14.0. The molecular weight excluding hydrogens is 389 g/mol. The number of hydrogen-bond donors (Lipinski definition) is 2. The Morgan fingerprint density at radius 1 is 1.31 bits per heavy atom. The Morgan fingerprint density at radius 2 is 2.00 bits per heavy atom. The molecule has 1 aromatic carbocycles. The Labute approximate surface area is 156 Å². The maximum atomic E-state index is 12.1. The van der Waals surface area contributed by atoms with Gasteiger partial charge in [-0.2, -0.15) is 0 Å². The van der Waals surface area contributed by atoms with E-state index in [0.717, 1.165) is 6.42 Å². The van der Waals surface area contributed by atoms with E-state index in [4.69, 9.17) is 0 Å². The molecule has 0 spiro atoms. The van der Waals surface area contributed by atoms with Crippen LogP contribution >= 0.6 is 23.1 Å². The van der Waals surface area contributed by atoms with Crippen molar-refractivity contribution in [3.8, 4) is 5.75 Å². The minimum absolute atomic E-state index is 0.0747. The van der Waals surface area contributed by atoms with Crippen LogP contribution in [0.15, 0.2) is 28.6 Å². The molecule has 1 unspecified atom stereocenters. The van der Waals surface area contributed by atoms with Gasteiger partial charge in [-0.25, -0.2) is 0 Å². The second-order valence-corrected chi connectivity index (χ2v) is 7.44. The lowest BCUT2D eigenvalue weighted by molar-refractivity contribution is -0.274. The summed E-state index contributed by atoms with van der Waals surface area (Å²) >= 11 is 2.52. The molecule has 0 radical (unpaired) electrons. The van der Waals surface area contributed by atoms with Crippen molar-refractivity contribution in [1.29, 1.82) is 0 Å². The van der Waals surface area contributed by atoms with Crippen molar-refractivity contribution in [1.82, 2.24) is 15.5 Å². The summed E-state index contributed by atoms with van der Waals surface area (Å²) in [5.41, 5.74) is 0.543. The summed E-state index contributed by atoms with van der Waals surface area (Å²) in [6, 6.07) is 5.40. The Bertz CT molecular complexity index is 722. The molecule has 1 aromatic heterocycles. The molecule has 0 aliphatic rings. The minimum Gasteiger partial charge on any atom is -0.406 e. The van der Waals surface area contributed by atoms with E-state index in [1.165, 1.54) is 47.4 Å². The molecule has 2 rings (SSSR count). The van der Waals surface area contributed by atoms with Gasteiger partial charge in [-0.05, 0) is 37.6 Å². The lowest BCUT2D eigenvalue weighted by atomic mass is 10.3. The van der Waals surface area contributed by atoms with Crippen molar-refractivity contribution in [2.24, 2.45) is 0 Å². The Kier molecular flexibility index (Phi) is 7.09. The highest BCUT2D eigenvalue weighted by Gasteiger charge is 2.30. The molecule has 11 heteroatoms. The number of rotatable bonds is 8. The Hall–Kier alpha value is -2.01. The van der Waals surface area contributed by atoms with E-state index in [2.05, 4.69) is 25.6 Å². The number of hydrogen-bond acceptors (Lipinski definition) is 7. The maximum Gasteiger partial charge on any atom is 0.573 e. The standard InChI is InChI=1S/C15H17F3N4O2S2/c1-3-9(2)19-12(23)8-25-14-22-21-13(26-14)20-10-4-6-11(7-5-10)24-15(16,17)18/h4-7,9H,3,8H2,1-2H3,(H,19,23)(H,20,21). The zero-order valence-corrected chi connectivity index (χ0v) is 15.6. The fourth-order valence-electron chi connectivity index (χ4n) is 1.73. The van der Waals surface area contributed by atoms with Crippen LogP contribution in [0.4, 0.5) is 24.0 Å². The van der Waals surface area contributed by atoms with Gasteiger partial charge in [0.25, 0.3) is 0 Å². The molecule has 6 nitrogen and oxygen atoms in total. The molecule has 0 saturated carbocycles. The van der Waals surface area contributed by atoms with E-state index in [9.17, 15) is 18.0 Å². The lowest BCUT2D eigenvalue weighted by Gasteiger charge is -2.10. The topological polar surface area (TPSA) is 76.1 Å².